The van der Waals surface area contributed by atoms with Gasteiger partial charge in [0.15, 0.2) is 0 Å². The Hall–Kier alpha value is -1.97. The molecule has 0 aliphatic heterocycles. The monoisotopic (exact) mass is 256 g/mol. The molecule has 1 N–H and O–H groups in total. The predicted octanol–water partition coefficient (Wildman–Crippen LogP) is 3.31. The molecule has 0 bridgehead atoms. The van der Waals surface area contributed by atoms with Crippen LogP contribution in [-0.2, 0) is 6.42 Å². The molecule has 0 aliphatic rings. The van der Waals surface area contributed by atoms with Crippen LogP contribution < -0.4 is 5.32 Å². The largest absolute Gasteiger partial charge is 0.346 e. The zero-order valence-corrected chi connectivity index (χ0v) is 11.7. The van der Waals surface area contributed by atoms with Gasteiger partial charge in [-0.1, -0.05) is 19.9 Å². The minimum atomic E-state index is 0.147. The van der Waals surface area contributed by atoms with Gasteiger partial charge in [-0.3, -0.25) is 4.98 Å². The molecule has 19 heavy (non-hydrogen) atoms. The van der Waals surface area contributed by atoms with Crippen LogP contribution in [0.15, 0.2) is 30.7 Å². The third kappa shape index (κ3) is 3.28. The van der Waals surface area contributed by atoms with Crippen molar-refractivity contribution >= 4 is 5.95 Å². The van der Waals surface area contributed by atoms with Gasteiger partial charge in [0.05, 0.1) is 11.7 Å². The second-order valence-corrected chi connectivity index (χ2v) is 4.58. The molecule has 2 heterocycles. The molecular formula is C15H20N4. The van der Waals surface area contributed by atoms with Crippen molar-refractivity contribution in [3.63, 3.8) is 0 Å². The first-order valence-electron chi connectivity index (χ1n) is 6.73. The summed E-state index contributed by atoms with van der Waals surface area (Å²) >= 11 is 0. The zero-order valence-electron chi connectivity index (χ0n) is 11.7. The van der Waals surface area contributed by atoms with Gasteiger partial charge in [0.25, 0.3) is 0 Å². The predicted molar refractivity (Wildman–Crippen MR) is 77.0 cm³/mol. The van der Waals surface area contributed by atoms with Crippen molar-refractivity contribution in [3.05, 3.63) is 47.5 Å². The Kier molecular flexibility index (Phi) is 4.44. The van der Waals surface area contributed by atoms with Gasteiger partial charge < -0.3 is 5.32 Å². The molecule has 0 aliphatic carbocycles. The van der Waals surface area contributed by atoms with E-state index in [1.54, 1.807) is 0 Å². The zero-order chi connectivity index (χ0) is 13.7. The van der Waals surface area contributed by atoms with Crippen LogP contribution >= 0.6 is 0 Å². The van der Waals surface area contributed by atoms with Crippen molar-refractivity contribution in [2.45, 2.75) is 39.7 Å². The maximum Gasteiger partial charge on any atom is 0.223 e. The fourth-order valence-corrected chi connectivity index (χ4v) is 1.99. The minimum Gasteiger partial charge on any atom is -0.346 e. The van der Waals surface area contributed by atoms with Crippen molar-refractivity contribution in [1.29, 1.82) is 0 Å². The average molecular weight is 256 g/mol. The molecule has 0 saturated heterocycles. The highest BCUT2D eigenvalue weighted by Gasteiger charge is 2.13. The van der Waals surface area contributed by atoms with E-state index >= 15 is 0 Å². The number of hydrogen-bond donors (Lipinski definition) is 1. The van der Waals surface area contributed by atoms with Crippen molar-refractivity contribution in [2.24, 2.45) is 0 Å². The number of rotatable bonds is 5. The maximum atomic E-state index is 4.46. The second kappa shape index (κ2) is 6.27. The van der Waals surface area contributed by atoms with Crippen molar-refractivity contribution < 1.29 is 0 Å². The molecule has 1 atom stereocenters. The molecule has 2 rings (SSSR count). The number of nitrogens with zero attached hydrogens (tertiary/aromatic N) is 3. The van der Waals surface area contributed by atoms with Gasteiger partial charge in [-0.2, -0.15) is 0 Å². The number of pyridine rings is 1. The van der Waals surface area contributed by atoms with Crippen LogP contribution in [0.4, 0.5) is 5.95 Å². The standard InChI is InChI=1S/C15H20N4/c1-4-12-9-17-15(18-10-12)19-13(5-2)14-11(3)7-6-8-16-14/h6-10,13H,4-5H2,1-3H3,(H,17,18,19)/t13-/m1/s1. The van der Waals surface area contributed by atoms with Crippen LogP contribution in [0.1, 0.15) is 43.1 Å². The molecule has 2 aromatic heterocycles. The minimum absolute atomic E-state index is 0.147. The second-order valence-electron chi connectivity index (χ2n) is 4.58. The SMILES string of the molecule is CCc1cnc(N[C@H](CC)c2ncccc2C)nc1. The lowest BCUT2D eigenvalue weighted by Gasteiger charge is -2.18. The van der Waals surface area contributed by atoms with E-state index in [0.717, 1.165) is 24.1 Å². The van der Waals surface area contributed by atoms with Crippen LogP contribution in [0.5, 0.6) is 0 Å². The Morgan fingerprint density at radius 3 is 2.47 bits per heavy atom. The van der Waals surface area contributed by atoms with Gasteiger partial charge in [-0.05, 0) is 37.0 Å². The van der Waals surface area contributed by atoms with Gasteiger partial charge in [0.1, 0.15) is 0 Å². The molecule has 0 amide bonds. The number of hydrogen-bond acceptors (Lipinski definition) is 4. The van der Waals surface area contributed by atoms with E-state index < -0.39 is 0 Å². The summed E-state index contributed by atoms with van der Waals surface area (Å²) in [6.07, 6.45) is 7.46. The highest BCUT2D eigenvalue weighted by molar-refractivity contribution is 5.32. The fourth-order valence-electron chi connectivity index (χ4n) is 1.99. The van der Waals surface area contributed by atoms with Crippen LogP contribution in [0.25, 0.3) is 0 Å². The molecular weight excluding hydrogens is 236 g/mol. The normalized spacial score (nSPS) is 12.2. The van der Waals surface area contributed by atoms with Crippen molar-refractivity contribution in [3.8, 4) is 0 Å². The average Bonchev–Trinajstić information content (AvgIpc) is 2.46. The van der Waals surface area contributed by atoms with Crippen LogP contribution in [0, 0.1) is 6.92 Å². The number of nitrogens with one attached hydrogen (secondary N) is 1. The first-order chi connectivity index (χ1) is 9.24. The highest BCUT2D eigenvalue weighted by Crippen LogP contribution is 2.21. The summed E-state index contributed by atoms with van der Waals surface area (Å²) in [6, 6.07) is 4.18. The van der Waals surface area contributed by atoms with E-state index in [1.165, 1.54) is 5.56 Å². The highest BCUT2D eigenvalue weighted by atomic mass is 15.1. The Morgan fingerprint density at radius 1 is 1.16 bits per heavy atom. The molecule has 0 aromatic carbocycles. The lowest BCUT2D eigenvalue weighted by Crippen LogP contribution is -2.14. The van der Waals surface area contributed by atoms with E-state index in [9.17, 15) is 0 Å². The number of anilines is 1. The third-order valence-corrected chi connectivity index (χ3v) is 3.21. The summed E-state index contributed by atoms with van der Waals surface area (Å²) in [5.74, 6) is 0.661. The Bertz CT molecular complexity index is 522. The molecule has 0 unspecified atom stereocenters. The van der Waals surface area contributed by atoms with Gasteiger partial charge in [0, 0.05) is 18.6 Å². The van der Waals surface area contributed by atoms with E-state index in [0.29, 0.717) is 5.95 Å². The molecule has 2 aromatic rings. The Balaban J connectivity index is 2.17. The molecule has 0 fully saturated rings. The summed E-state index contributed by atoms with van der Waals surface area (Å²) in [4.78, 5) is 13.1. The van der Waals surface area contributed by atoms with Gasteiger partial charge in [0.2, 0.25) is 5.95 Å². The molecule has 0 saturated carbocycles. The molecule has 0 radical (unpaired) electrons. The van der Waals surface area contributed by atoms with Crippen molar-refractivity contribution in [2.75, 3.05) is 5.32 Å². The van der Waals surface area contributed by atoms with E-state index in [-0.39, 0.29) is 6.04 Å². The molecule has 4 nitrogen and oxygen atoms in total. The van der Waals surface area contributed by atoms with Crippen molar-refractivity contribution in [1.82, 2.24) is 15.0 Å². The molecule has 4 heteroatoms. The summed E-state index contributed by atoms with van der Waals surface area (Å²) in [5.41, 5.74) is 3.40. The summed E-state index contributed by atoms with van der Waals surface area (Å²) < 4.78 is 0. The van der Waals surface area contributed by atoms with Crippen LogP contribution in [0.3, 0.4) is 0 Å². The smallest absolute Gasteiger partial charge is 0.223 e. The van der Waals surface area contributed by atoms with Crippen LogP contribution in [0.2, 0.25) is 0 Å². The lowest BCUT2D eigenvalue weighted by atomic mass is 10.1. The van der Waals surface area contributed by atoms with E-state index in [4.69, 9.17) is 0 Å². The van der Waals surface area contributed by atoms with Crippen LogP contribution in [-0.4, -0.2) is 15.0 Å². The quantitative estimate of drug-likeness (QED) is 0.891. The topological polar surface area (TPSA) is 50.7 Å². The summed E-state index contributed by atoms with van der Waals surface area (Å²) in [7, 11) is 0. The maximum absolute atomic E-state index is 4.46. The lowest BCUT2D eigenvalue weighted by molar-refractivity contribution is 0.707. The third-order valence-electron chi connectivity index (χ3n) is 3.21. The van der Waals surface area contributed by atoms with Gasteiger partial charge in [-0.25, -0.2) is 9.97 Å². The van der Waals surface area contributed by atoms with Gasteiger partial charge in [-0.15, -0.1) is 0 Å². The summed E-state index contributed by atoms with van der Waals surface area (Å²) in [5, 5.41) is 3.35. The Morgan fingerprint density at radius 2 is 1.89 bits per heavy atom. The van der Waals surface area contributed by atoms with E-state index in [2.05, 4.69) is 47.1 Å². The summed E-state index contributed by atoms with van der Waals surface area (Å²) in [6.45, 7) is 6.30. The number of aryl methyl sites for hydroxylation is 2. The first kappa shape index (κ1) is 13.5. The van der Waals surface area contributed by atoms with E-state index in [1.807, 2.05) is 24.7 Å². The number of aromatic nitrogens is 3. The van der Waals surface area contributed by atoms with Gasteiger partial charge >= 0.3 is 0 Å². The first-order valence-corrected chi connectivity index (χ1v) is 6.73. The fraction of sp³-hybridized carbons (Fsp3) is 0.400. The molecule has 0 spiro atoms. The molecule has 100 valence electrons. The Labute approximate surface area is 114 Å².